The summed E-state index contributed by atoms with van der Waals surface area (Å²) in [6, 6.07) is 13.3. The van der Waals surface area contributed by atoms with Crippen molar-refractivity contribution in [3.63, 3.8) is 0 Å². The number of carbonyl (C=O) groups is 1. The molecule has 5 heteroatoms. The molecule has 2 aromatic carbocycles. The van der Waals surface area contributed by atoms with Gasteiger partial charge >= 0.3 is 0 Å². The Morgan fingerprint density at radius 2 is 1.83 bits per heavy atom. The van der Waals surface area contributed by atoms with Crippen LogP contribution in [0.3, 0.4) is 0 Å². The number of nitrogens with one attached hydrogen (secondary N) is 1. The van der Waals surface area contributed by atoms with Crippen molar-refractivity contribution in [1.29, 1.82) is 0 Å². The number of hydrogen-bond donors (Lipinski definition) is 1. The molecule has 0 unspecified atom stereocenters. The minimum absolute atomic E-state index is 0.135. The van der Waals surface area contributed by atoms with Gasteiger partial charge in [-0.15, -0.1) is 0 Å². The van der Waals surface area contributed by atoms with Crippen molar-refractivity contribution >= 4 is 11.6 Å². The summed E-state index contributed by atoms with van der Waals surface area (Å²) in [5, 5.41) is 4.16. The first-order valence-electron chi connectivity index (χ1n) is 7.68. The third kappa shape index (κ3) is 4.59. The molecular formula is C19H22N2O3. The van der Waals surface area contributed by atoms with E-state index in [0.717, 1.165) is 22.4 Å². The normalized spacial score (nSPS) is 11.1. The maximum absolute atomic E-state index is 11.9. The Labute approximate surface area is 142 Å². The Kier molecular flexibility index (Phi) is 5.95. The highest BCUT2D eigenvalue weighted by Crippen LogP contribution is 2.25. The molecule has 0 heterocycles. The van der Waals surface area contributed by atoms with Crippen molar-refractivity contribution in [3.8, 4) is 11.5 Å². The first-order chi connectivity index (χ1) is 11.5. The molecule has 0 saturated heterocycles. The first-order valence-corrected chi connectivity index (χ1v) is 7.68. The number of hydrazone groups is 1. The van der Waals surface area contributed by atoms with Crippen LogP contribution in [0.1, 0.15) is 23.6 Å². The molecule has 1 amide bonds. The summed E-state index contributed by atoms with van der Waals surface area (Å²) >= 11 is 0. The molecule has 0 radical (unpaired) electrons. The molecule has 0 saturated carbocycles. The lowest BCUT2D eigenvalue weighted by Crippen LogP contribution is -2.25. The fourth-order valence-corrected chi connectivity index (χ4v) is 2.25. The Morgan fingerprint density at radius 1 is 1.12 bits per heavy atom. The van der Waals surface area contributed by atoms with Crippen LogP contribution < -0.4 is 14.9 Å². The zero-order valence-corrected chi connectivity index (χ0v) is 14.4. The maximum atomic E-state index is 11.9. The number of nitrogens with zero attached hydrogens (tertiary/aromatic N) is 1. The van der Waals surface area contributed by atoms with E-state index in [9.17, 15) is 4.79 Å². The molecule has 126 valence electrons. The van der Waals surface area contributed by atoms with Gasteiger partial charge in [-0.2, -0.15) is 5.10 Å². The first kappa shape index (κ1) is 17.5. The Morgan fingerprint density at radius 3 is 2.54 bits per heavy atom. The van der Waals surface area contributed by atoms with E-state index in [0.29, 0.717) is 11.5 Å². The number of ether oxygens (including phenoxy) is 2. The van der Waals surface area contributed by atoms with Crippen LogP contribution in [-0.2, 0) is 4.79 Å². The average molecular weight is 326 g/mol. The van der Waals surface area contributed by atoms with E-state index in [4.69, 9.17) is 9.47 Å². The molecular weight excluding hydrogens is 304 g/mol. The van der Waals surface area contributed by atoms with Gasteiger partial charge in [0.15, 0.2) is 18.1 Å². The number of aryl methyl sites for hydroxylation is 2. The Balaban J connectivity index is 1.96. The van der Waals surface area contributed by atoms with Gasteiger partial charge < -0.3 is 9.47 Å². The second-order valence-electron chi connectivity index (χ2n) is 5.49. The van der Waals surface area contributed by atoms with Gasteiger partial charge in [0.05, 0.1) is 12.8 Å². The standard InChI is InChI=1S/C19H22N2O3/c1-13-9-10-14(2)16(11-13)15(3)20-21-19(22)12-24-18-8-6-5-7-17(18)23-4/h5-11H,12H2,1-4H3,(H,21,22)/b20-15-. The van der Waals surface area contributed by atoms with Crippen molar-refractivity contribution in [1.82, 2.24) is 5.43 Å². The SMILES string of the molecule is COc1ccccc1OCC(=O)N/N=C(/C)c1cc(C)ccc1C. The number of methoxy groups -OCH3 is 1. The number of hydrogen-bond acceptors (Lipinski definition) is 4. The van der Waals surface area contributed by atoms with Crippen molar-refractivity contribution < 1.29 is 14.3 Å². The van der Waals surface area contributed by atoms with E-state index < -0.39 is 0 Å². The van der Waals surface area contributed by atoms with Crippen LogP contribution in [0.4, 0.5) is 0 Å². The maximum Gasteiger partial charge on any atom is 0.277 e. The van der Waals surface area contributed by atoms with Crippen molar-refractivity contribution in [2.24, 2.45) is 5.10 Å². The quantitative estimate of drug-likeness (QED) is 0.655. The predicted octanol–water partition coefficient (Wildman–Crippen LogP) is 3.23. The van der Waals surface area contributed by atoms with Gasteiger partial charge in [-0.1, -0.05) is 29.8 Å². The van der Waals surface area contributed by atoms with Crippen LogP contribution in [0, 0.1) is 13.8 Å². The van der Waals surface area contributed by atoms with Gasteiger partial charge in [-0.3, -0.25) is 4.79 Å². The molecule has 2 aromatic rings. The summed E-state index contributed by atoms with van der Waals surface area (Å²) in [7, 11) is 1.56. The summed E-state index contributed by atoms with van der Waals surface area (Å²) in [6.45, 7) is 5.77. The number of para-hydroxylation sites is 2. The van der Waals surface area contributed by atoms with Crippen LogP contribution in [0.25, 0.3) is 0 Å². The van der Waals surface area contributed by atoms with E-state index in [1.807, 2.05) is 51.1 Å². The van der Waals surface area contributed by atoms with E-state index in [2.05, 4.69) is 10.5 Å². The van der Waals surface area contributed by atoms with Gasteiger partial charge in [0, 0.05) is 5.56 Å². The van der Waals surface area contributed by atoms with Crippen molar-refractivity contribution in [2.75, 3.05) is 13.7 Å². The van der Waals surface area contributed by atoms with Gasteiger partial charge in [0.2, 0.25) is 0 Å². The average Bonchev–Trinajstić information content (AvgIpc) is 2.60. The lowest BCUT2D eigenvalue weighted by atomic mass is 10.0. The summed E-state index contributed by atoms with van der Waals surface area (Å²) in [6.07, 6.45) is 0. The van der Waals surface area contributed by atoms with E-state index in [1.165, 1.54) is 0 Å². The molecule has 0 aliphatic carbocycles. The molecule has 0 aliphatic heterocycles. The van der Waals surface area contributed by atoms with Crippen LogP contribution in [-0.4, -0.2) is 25.3 Å². The highest BCUT2D eigenvalue weighted by atomic mass is 16.5. The number of carbonyl (C=O) groups excluding carboxylic acids is 1. The molecule has 2 rings (SSSR count). The molecule has 0 atom stereocenters. The van der Waals surface area contributed by atoms with Crippen molar-refractivity contribution in [3.05, 3.63) is 59.2 Å². The molecule has 0 aliphatic rings. The highest BCUT2D eigenvalue weighted by Gasteiger charge is 2.07. The number of benzene rings is 2. The Hall–Kier alpha value is -2.82. The monoisotopic (exact) mass is 326 g/mol. The number of rotatable bonds is 6. The summed E-state index contributed by atoms with van der Waals surface area (Å²) in [5.41, 5.74) is 6.55. The number of amides is 1. The molecule has 0 spiro atoms. The molecule has 1 N–H and O–H groups in total. The minimum Gasteiger partial charge on any atom is -0.493 e. The second-order valence-corrected chi connectivity index (χ2v) is 5.49. The van der Waals surface area contributed by atoms with Gasteiger partial charge in [-0.05, 0) is 44.5 Å². The minimum atomic E-state index is -0.328. The fraction of sp³-hybridized carbons (Fsp3) is 0.263. The smallest absolute Gasteiger partial charge is 0.277 e. The molecule has 24 heavy (non-hydrogen) atoms. The Bertz CT molecular complexity index is 754. The van der Waals surface area contributed by atoms with Gasteiger partial charge in [0.1, 0.15) is 0 Å². The summed E-state index contributed by atoms with van der Waals surface area (Å²) < 4.78 is 10.6. The lowest BCUT2D eigenvalue weighted by Gasteiger charge is -2.10. The van der Waals surface area contributed by atoms with Gasteiger partial charge in [-0.25, -0.2) is 5.43 Å². The van der Waals surface area contributed by atoms with Gasteiger partial charge in [0.25, 0.3) is 5.91 Å². The van der Waals surface area contributed by atoms with E-state index in [1.54, 1.807) is 19.2 Å². The third-order valence-corrected chi connectivity index (χ3v) is 3.56. The third-order valence-electron chi connectivity index (χ3n) is 3.56. The van der Waals surface area contributed by atoms with Crippen LogP contribution in [0.2, 0.25) is 0 Å². The lowest BCUT2D eigenvalue weighted by molar-refractivity contribution is -0.123. The molecule has 5 nitrogen and oxygen atoms in total. The second kappa shape index (κ2) is 8.15. The largest absolute Gasteiger partial charge is 0.493 e. The van der Waals surface area contributed by atoms with Crippen molar-refractivity contribution in [2.45, 2.75) is 20.8 Å². The van der Waals surface area contributed by atoms with E-state index >= 15 is 0 Å². The predicted molar refractivity (Wildman–Crippen MR) is 94.8 cm³/mol. The summed E-state index contributed by atoms with van der Waals surface area (Å²) in [5.74, 6) is 0.774. The topological polar surface area (TPSA) is 59.9 Å². The fourth-order valence-electron chi connectivity index (χ4n) is 2.25. The van der Waals surface area contributed by atoms with Crippen LogP contribution >= 0.6 is 0 Å². The molecule has 0 fully saturated rings. The van der Waals surface area contributed by atoms with Crippen LogP contribution in [0.15, 0.2) is 47.6 Å². The molecule has 0 aromatic heterocycles. The highest BCUT2D eigenvalue weighted by molar-refractivity contribution is 6.00. The molecule has 0 bridgehead atoms. The van der Waals surface area contributed by atoms with Crippen LogP contribution in [0.5, 0.6) is 11.5 Å². The zero-order chi connectivity index (χ0) is 17.5. The summed E-state index contributed by atoms with van der Waals surface area (Å²) in [4.78, 5) is 11.9. The zero-order valence-electron chi connectivity index (χ0n) is 14.4. The van der Waals surface area contributed by atoms with E-state index in [-0.39, 0.29) is 12.5 Å².